The van der Waals surface area contributed by atoms with E-state index in [9.17, 15) is 19.2 Å². The van der Waals surface area contributed by atoms with Crippen LogP contribution < -0.4 is 20.9 Å². The third kappa shape index (κ3) is 5.78. The van der Waals surface area contributed by atoms with Gasteiger partial charge in [-0.15, -0.1) is 0 Å². The lowest BCUT2D eigenvalue weighted by atomic mass is 10.2. The number of halogens is 1. The number of imidazole rings is 1. The van der Waals surface area contributed by atoms with E-state index in [1.807, 2.05) is 4.90 Å². The summed E-state index contributed by atoms with van der Waals surface area (Å²) >= 11 is 0. The van der Waals surface area contributed by atoms with Crippen molar-refractivity contribution in [3.8, 4) is 0 Å². The van der Waals surface area contributed by atoms with Crippen molar-refractivity contribution < 1.29 is 33.0 Å². The van der Waals surface area contributed by atoms with Crippen LogP contribution in [0.5, 0.6) is 0 Å². The molecule has 14 nitrogen and oxygen atoms in total. The van der Waals surface area contributed by atoms with Gasteiger partial charge in [-0.1, -0.05) is 0 Å². The third-order valence-corrected chi connectivity index (χ3v) is 6.58. The molecule has 0 saturated carbocycles. The highest BCUT2D eigenvalue weighted by Crippen LogP contribution is 2.28. The Bertz CT molecular complexity index is 1410. The number of ether oxygens (including phenoxy) is 2. The number of carbonyl (C=O) groups excluding carboxylic acids is 4. The number of amides is 3. The monoisotopic (exact) mass is 554 g/mol. The zero-order valence-electron chi connectivity index (χ0n) is 21.4. The minimum atomic E-state index is -0.682. The van der Waals surface area contributed by atoms with E-state index in [0.717, 1.165) is 0 Å². The van der Waals surface area contributed by atoms with E-state index in [1.165, 1.54) is 17.2 Å². The van der Waals surface area contributed by atoms with Crippen LogP contribution in [0.4, 0.5) is 20.6 Å². The van der Waals surface area contributed by atoms with Crippen LogP contribution in [0.15, 0.2) is 43.0 Å². The van der Waals surface area contributed by atoms with Crippen LogP contribution in [-0.2, 0) is 19.1 Å². The van der Waals surface area contributed by atoms with Gasteiger partial charge in [0.25, 0.3) is 5.91 Å². The number of anilines is 2. The quantitative estimate of drug-likeness (QED) is 0.356. The Morgan fingerprint density at radius 2 is 2.00 bits per heavy atom. The van der Waals surface area contributed by atoms with Gasteiger partial charge in [0, 0.05) is 44.8 Å². The summed E-state index contributed by atoms with van der Waals surface area (Å²) < 4.78 is 26.8. The zero-order chi connectivity index (χ0) is 28.2. The molecule has 40 heavy (non-hydrogen) atoms. The summed E-state index contributed by atoms with van der Waals surface area (Å²) in [6.45, 7) is 0.955. The summed E-state index contributed by atoms with van der Waals surface area (Å²) in [5, 5.41) is 2.59. The van der Waals surface area contributed by atoms with Crippen LogP contribution in [0.25, 0.3) is 5.65 Å². The average molecular weight is 555 g/mol. The molecule has 2 aromatic heterocycles. The second-order valence-corrected chi connectivity index (χ2v) is 9.16. The molecule has 4 heterocycles. The van der Waals surface area contributed by atoms with Gasteiger partial charge in [0.2, 0.25) is 5.91 Å². The molecule has 3 N–H and O–H groups in total. The van der Waals surface area contributed by atoms with Gasteiger partial charge in [-0.05, 0) is 18.2 Å². The molecule has 1 unspecified atom stereocenters. The van der Waals surface area contributed by atoms with E-state index in [1.54, 1.807) is 40.0 Å². The van der Waals surface area contributed by atoms with Gasteiger partial charge in [-0.3, -0.25) is 24.3 Å². The molecule has 3 amide bonds. The topological polar surface area (TPSA) is 165 Å². The lowest BCUT2D eigenvalue weighted by Gasteiger charge is -2.36. The highest BCUT2D eigenvalue weighted by molar-refractivity contribution is 5.95. The first-order valence-electron chi connectivity index (χ1n) is 12.6. The number of hydrogen-bond donors (Lipinski definition) is 2. The van der Waals surface area contributed by atoms with E-state index in [0.29, 0.717) is 43.2 Å². The van der Waals surface area contributed by atoms with Gasteiger partial charge in [-0.25, -0.2) is 14.2 Å². The van der Waals surface area contributed by atoms with E-state index in [4.69, 9.17) is 15.2 Å². The number of aromatic nitrogens is 3. The van der Waals surface area contributed by atoms with Gasteiger partial charge in [0.05, 0.1) is 37.2 Å². The van der Waals surface area contributed by atoms with E-state index in [-0.39, 0.29) is 37.8 Å². The normalized spacial score (nSPS) is 17.2. The predicted octanol–water partition coefficient (Wildman–Crippen LogP) is -0.226. The maximum atomic E-state index is 15.1. The van der Waals surface area contributed by atoms with Crippen LogP contribution in [0, 0.1) is 5.82 Å². The number of nitrogens with zero attached hydrogens (tertiary/aromatic N) is 6. The number of benzene rings is 1. The Morgan fingerprint density at radius 3 is 2.73 bits per heavy atom. The minimum Gasteiger partial charge on any atom is -0.461 e. The first-order chi connectivity index (χ1) is 19.3. The second-order valence-electron chi connectivity index (χ2n) is 9.16. The fourth-order valence-corrected chi connectivity index (χ4v) is 4.49. The van der Waals surface area contributed by atoms with Crippen LogP contribution in [-0.4, -0.2) is 102 Å². The first kappa shape index (κ1) is 26.8. The Morgan fingerprint density at radius 1 is 1.20 bits per heavy atom. The molecule has 1 aromatic carbocycles. The number of nitrogens with two attached hydrogens (primary N) is 1. The molecule has 1 atom stereocenters. The number of esters is 1. The van der Waals surface area contributed by atoms with Gasteiger partial charge < -0.3 is 34.7 Å². The number of fused-ring (bicyclic) bond motifs is 1. The molecule has 210 valence electrons. The lowest BCUT2D eigenvalue weighted by molar-refractivity contribution is -0.144. The maximum absolute atomic E-state index is 15.1. The van der Waals surface area contributed by atoms with Crippen LogP contribution >= 0.6 is 0 Å². The fraction of sp³-hybridized carbons (Fsp3) is 0.360. The van der Waals surface area contributed by atoms with Crippen molar-refractivity contribution in [2.75, 3.05) is 62.2 Å². The SMILES string of the molecule is NCC(=O)OCC1CN(c2ccc(N3CCN(C(=O)CNC(=O)c4cn5ccncc5n4)CC3)c(F)c2)C(=O)O1. The summed E-state index contributed by atoms with van der Waals surface area (Å²) in [4.78, 5) is 61.4. The van der Waals surface area contributed by atoms with E-state index in [2.05, 4.69) is 15.3 Å². The van der Waals surface area contributed by atoms with E-state index >= 15 is 4.39 Å². The summed E-state index contributed by atoms with van der Waals surface area (Å²) in [5.74, 6) is -1.87. The Balaban J connectivity index is 1.11. The Kier molecular flexibility index (Phi) is 7.72. The minimum absolute atomic E-state index is 0.0984. The molecule has 0 aliphatic carbocycles. The number of carbonyl (C=O) groups is 4. The van der Waals surface area contributed by atoms with Gasteiger partial charge >= 0.3 is 12.1 Å². The van der Waals surface area contributed by atoms with Gasteiger partial charge in [-0.2, -0.15) is 0 Å². The molecular weight excluding hydrogens is 527 g/mol. The number of cyclic esters (lactones) is 1. The molecule has 2 aliphatic heterocycles. The predicted molar refractivity (Wildman–Crippen MR) is 138 cm³/mol. The van der Waals surface area contributed by atoms with Gasteiger partial charge in [0.1, 0.15) is 18.1 Å². The molecule has 0 spiro atoms. The average Bonchev–Trinajstić information content (AvgIpc) is 3.58. The molecular formula is C25H27FN8O6. The molecule has 15 heteroatoms. The molecule has 3 aromatic rings. The van der Waals surface area contributed by atoms with Crippen LogP contribution in [0.3, 0.4) is 0 Å². The summed E-state index contributed by atoms with van der Waals surface area (Å²) in [5.41, 5.74) is 6.54. The van der Waals surface area contributed by atoms with Crippen molar-refractivity contribution in [1.82, 2.24) is 24.6 Å². The third-order valence-electron chi connectivity index (χ3n) is 6.58. The van der Waals surface area contributed by atoms with Crippen LogP contribution in [0.1, 0.15) is 10.5 Å². The van der Waals surface area contributed by atoms with E-state index < -0.39 is 29.9 Å². The highest BCUT2D eigenvalue weighted by atomic mass is 19.1. The van der Waals surface area contributed by atoms with Crippen molar-refractivity contribution in [3.63, 3.8) is 0 Å². The Labute approximate surface area is 227 Å². The van der Waals surface area contributed by atoms with Crippen molar-refractivity contribution in [2.45, 2.75) is 6.10 Å². The molecule has 2 fully saturated rings. The molecule has 5 rings (SSSR count). The summed E-state index contributed by atoms with van der Waals surface area (Å²) in [7, 11) is 0. The molecule has 2 saturated heterocycles. The highest BCUT2D eigenvalue weighted by Gasteiger charge is 2.34. The maximum Gasteiger partial charge on any atom is 0.414 e. The van der Waals surface area contributed by atoms with Crippen molar-refractivity contribution in [2.24, 2.45) is 5.73 Å². The number of piperazine rings is 1. The van der Waals surface area contributed by atoms with Crippen molar-refractivity contribution in [3.05, 3.63) is 54.5 Å². The molecule has 0 radical (unpaired) electrons. The lowest BCUT2D eigenvalue weighted by Crippen LogP contribution is -2.51. The second kappa shape index (κ2) is 11.5. The Hall–Kier alpha value is -4.79. The van der Waals surface area contributed by atoms with Gasteiger partial charge in [0.15, 0.2) is 11.8 Å². The first-order valence-corrected chi connectivity index (χ1v) is 12.6. The van der Waals surface area contributed by atoms with Crippen molar-refractivity contribution in [1.29, 1.82) is 0 Å². The standard InChI is InChI=1S/C25H27FN8O6/c26-18-9-16(34-13-17(40-25(34)38)15-39-23(36)10-27)1-2-20(18)31-5-7-32(8-6-31)22(35)12-29-24(37)19-14-33-4-3-28-11-21(33)30-19/h1-4,9,11,14,17H,5-8,10,12-13,15,27H2,(H,29,37). The largest absolute Gasteiger partial charge is 0.461 e. The molecule has 2 aliphatic rings. The summed E-state index contributed by atoms with van der Waals surface area (Å²) in [6.07, 6.45) is 4.97. The number of nitrogens with one attached hydrogen (secondary N) is 1. The molecule has 0 bridgehead atoms. The fourth-order valence-electron chi connectivity index (χ4n) is 4.49. The zero-order valence-corrected chi connectivity index (χ0v) is 21.4. The number of hydrogen-bond acceptors (Lipinski definition) is 10. The number of rotatable bonds is 8. The summed E-state index contributed by atoms with van der Waals surface area (Å²) in [6, 6.07) is 4.42. The van der Waals surface area contributed by atoms with Crippen molar-refractivity contribution >= 4 is 40.9 Å². The smallest absolute Gasteiger partial charge is 0.414 e. The van der Waals surface area contributed by atoms with Crippen LogP contribution in [0.2, 0.25) is 0 Å².